The summed E-state index contributed by atoms with van der Waals surface area (Å²) in [5.41, 5.74) is 1.87. The molecular formula is C17H22N2O4. The topological polar surface area (TPSA) is 67.9 Å². The highest BCUT2D eigenvalue weighted by atomic mass is 16.5. The molecule has 2 atom stereocenters. The van der Waals surface area contributed by atoms with E-state index in [0.717, 1.165) is 11.3 Å². The van der Waals surface area contributed by atoms with Crippen LogP contribution >= 0.6 is 0 Å². The largest absolute Gasteiger partial charge is 0.484 e. The van der Waals surface area contributed by atoms with Crippen molar-refractivity contribution >= 4 is 17.5 Å². The van der Waals surface area contributed by atoms with Crippen molar-refractivity contribution in [3.63, 3.8) is 0 Å². The molecule has 0 radical (unpaired) electrons. The number of amides is 2. The van der Waals surface area contributed by atoms with Gasteiger partial charge in [-0.3, -0.25) is 9.59 Å². The van der Waals surface area contributed by atoms with Crippen LogP contribution in [-0.2, 0) is 20.7 Å². The number of rotatable bonds is 3. The summed E-state index contributed by atoms with van der Waals surface area (Å²) in [4.78, 5) is 25.5. The Labute approximate surface area is 135 Å². The zero-order valence-electron chi connectivity index (χ0n) is 13.5. The quantitative estimate of drug-likeness (QED) is 0.919. The molecule has 0 aliphatic carbocycles. The maximum absolute atomic E-state index is 12.3. The highest BCUT2D eigenvalue weighted by Crippen LogP contribution is 2.26. The lowest BCUT2D eigenvalue weighted by Gasteiger charge is -2.36. The monoisotopic (exact) mass is 318 g/mol. The Kier molecular flexibility index (Phi) is 4.52. The van der Waals surface area contributed by atoms with Gasteiger partial charge in [0.25, 0.3) is 5.91 Å². The predicted octanol–water partition coefficient (Wildman–Crippen LogP) is 1.59. The predicted molar refractivity (Wildman–Crippen MR) is 85.5 cm³/mol. The molecule has 2 aliphatic rings. The second-order valence-electron chi connectivity index (χ2n) is 6.19. The van der Waals surface area contributed by atoms with Crippen LogP contribution in [0.1, 0.15) is 25.8 Å². The van der Waals surface area contributed by atoms with Gasteiger partial charge in [-0.2, -0.15) is 0 Å². The van der Waals surface area contributed by atoms with Crippen LogP contribution in [0.2, 0.25) is 0 Å². The SMILES string of the molecule is C[C@@H]1CN(C(=O)COc2ccc3c(c2)CCC(=O)N3)[C@@H](C)CO1. The molecule has 1 saturated heterocycles. The van der Waals surface area contributed by atoms with E-state index in [4.69, 9.17) is 9.47 Å². The second-order valence-corrected chi connectivity index (χ2v) is 6.19. The first-order chi connectivity index (χ1) is 11.0. The number of aryl methyl sites for hydroxylation is 1. The summed E-state index contributed by atoms with van der Waals surface area (Å²) < 4.78 is 11.2. The van der Waals surface area contributed by atoms with Crippen LogP contribution in [0.25, 0.3) is 0 Å². The highest BCUT2D eigenvalue weighted by Gasteiger charge is 2.27. The van der Waals surface area contributed by atoms with Crippen molar-refractivity contribution in [1.82, 2.24) is 4.90 Å². The molecule has 6 heteroatoms. The van der Waals surface area contributed by atoms with E-state index in [9.17, 15) is 9.59 Å². The van der Waals surface area contributed by atoms with Gasteiger partial charge in [0.05, 0.1) is 18.8 Å². The van der Waals surface area contributed by atoms with Gasteiger partial charge < -0.3 is 19.7 Å². The zero-order valence-corrected chi connectivity index (χ0v) is 13.5. The van der Waals surface area contributed by atoms with Gasteiger partial charge in [0.2, 0.25) is 5.91 Å². The molecule has 1 fully saturated rings. The molecule has 3 rings (SSSR count). The van der Waals surface area contributed by atoms with Crippen molar-refractivity contribution in [2.24, 2.45) is 0 Å². The molecule has 6 nitrogen and oxygen atoms in total. The van der Waals surface area contributed by atoms with E-state index in [1.54, 1.807) is 6.07 Å². The summed E-state index contributed by atoms with van der Waals surface area (Å²) in [5, 5.41) is 2.83. The maximum Gasteiger partial charge on any atom is 0.260 e. The van der Waals surface area contributed by atoms with Crippen molar-refractivity contribution in [3.8, 4) is 5.75 Å². The van der Waals surface area contributed by atoms with Crippen LogP contribution < -0.4 is 10.1 Å². The van der Waals surface area contributed by atoms with Gasteiger partial charge in [0, 0.05) is 18.7 Å². The normalized spacial score (nSPS) is 23.9. The Hall–Kier alpha value is -2.08. The maximum atomic E-state index is 12.3. The first kappa shape index (κ1) is 15.8. The lowest BCUT2D eigenvalue weighted by molar-refractivity contribution is -0.145. The summed E-state index contributed by atoms with van der Waals surface area (Å²) in [7, 11) is 0. The molecule has 2 amide bonds. The minimum Gasteiger partial charge on any atom is -0.484 e. The fourth-order valence-corrected chi connectivity index (χ4v) is 2.93. The molecular weight excluding hydrogens is 296 g/mol. The third-order valence-corrected chi connectivity index (χ3v) is 4.26. The number of hydrogen-bond acceptors (Lipinski definition) is 4. The smallest absolute Gasteiger partial charge is 0.260 e. The Bertz CT molecular complexity index is 617. The van der Waals surface area contributed by atoms with Crippen molar-refractivity contribution in [1.29, 1.82) is 0 Å². The number of carbonyl (C=O) groups is 2. The van der Waals surface area contributed by atoms with Crippen LogP contribution in [-0.4, -0.2) is 48.6 Å². The molecule has 0 aromatic heterocycles. The number of anilines is 1. The molecule has 0 saturated carbocycles. The Morgan fingerprint density at radius 3 is 3.04 bits per heavy atom. The first-order valence-corrected chi connectivity index (χ1v) is 7.99. The molecule has 2 aliphatic heterocycles. The molecule has 23 heavy (non-hydrogen) atoms. The highest BCUT2D eigenvalue weighted by molar-refractivity contribution is 5.94. The number of benzene rings is 1. The minimum atomic E-state index is -0.0290. The molecule has 1 aromatic rings. The van der Waals surface area contributed by atoms with E-state index in [1.807, 2.05) is 30.9 Å². The second kappa shape index (κ2) is 6.58. The van der Waals surface area contributed by atoms with Gasteiger partial charge in [-0.25, -0.2) is 0 Å². The molecule has 0 bridgehead atoms. The Balaban J connectivity index is 1.60. The van der Waals surface area contributed by atoms with Crippen molar-refractivity contribution in [2.75, 3.05) is 25.1 Å². The van der Waals surface area contributed by atoms with Crippen LogP contribution in [0, 0.1) is 0 Å². The lowest BCUT2D eigenvalue weighted by atomic mass is 10.0. The molecule has 0 spiro atoms. The number of nitrogens with zero attached hydrogens (tertiary/aromatic N) is 1. The summed E-state index contributed by atoms with van der Waals surface area (Å²) >= 11 is 0. The van der Waals surface area contributed by atoms with Crippen LogP contribution in [0.4, 0.5) is 5.69 Å². The van der Waals surface area contributed by atoms with Crippen molar-refractivity contribution in [3.05, 3.63) is 23.8 Å². The Morgan fingerprint density at radius 2 is 2.22 bits per heavy atom. The van der Waals surface area contributed by atoms with Crippen molar-refractivity contribution in [2.45, 2.75) is 38.8 Å². The molecule has 2 heterocycles. The standard InChI is InChI=1S/C17H22N2O4/c1-11-9-22-12(2)8-19(11)17(21)10-23-14-4-5-15-13(7-14)3-6-16(20)18-15/h4-5,7,11-12H,3,6,8-10H2,1-2H3,(H,18,20)/t11-,12+/m0/s1. The van der Waals surface area contributed by atoms with E-state index in [-0.39, 0.29) is 30.6 Å². The van der Waals surface area contributed by atoms with Crippen LogP contribution in [0.5, 0.6) is 5.75 Å². The lowest BCUT2D eigenvalue weighted by Crippen LogP contribution is -2.51. The summed E-state index contributed by atoms with van der Waals surface area (Å²) in [6.45, 7) is 5.11. The fraction of sp³-hybridized carbons (Fsp3) is 0.529. The average Bonchev–Trinajstić information content (AvgIpc) is 2.54. The van der Waals surface area contributed by atoms with Crippen LogP contribution in [0.15, 0.2) is 18.2 Å². The van der Waals surface area contributed by atoms with E-state index in [1.165, 1.54) is 0 Å². The van der Waals surface area contributed by atoms with E-state index in [2.05, 4.69) is 5.32 Å². The molecule has 124 valence electrons. The number of hydrogen-bond donors (Lipinski definition) is 1. The minimum absolute atomic E-state index is 0.0161. The summed E-state index contributed by atoms with van der Waals surface area (Å²) in [6.07, 6.45) is 1.24. The summed E-state index contributed by atoms with van der Waals surface area (Å²) in [5.74, 6) is 0.664. The number of fused-ring (bicyclic) bond motifs is 1. The Morgan fingerprint density at radius 1 is 1.39 bits per heavy atom. The van der Waals surface area contributed by atoms with Gasteiger partial charge in [-0.05, 0) is 44.0 Å². The number of ether oxygens (including phenoxy) is 2. The van der Waals surface area contributed by atoms with Gasteiger partial charge in [0.1, 0.15) is 5.75 Å². The van der Waals surface area contributed by atoms with E-state index in [0.29, 0.717) is 31.7 Å². The number of carbonyl (C=O) groups excluding carboxylic acids is 2. The van der Waals surface area contributed by atoms with Crippen LogP contribution in [0.3, 0.4) is 0 Å². The first-order valence-electron chi connectivity index (χ1n) is 7.99. The van der Waals surface area contributed by atoms with Gasteiger partial charge in [0.15, 0.2) is 6.61 Å². The molecule has 0 unspecified atom stereocenters. The van der Waals surface area contributed by atoms with E-state index < -0.39 is 0 Å². The van der Waals surface area contributed by atoms with E-state index >= 15 is 0 Å². The zero-order chi connectivity index (χ0) is 16.4. The van der Waals surface area contributed by atoms with Gasteiger partial charge >= 0.3 is 0 Å². The third kappa shape index (κ3) is 3.64. The van der Waals surface area contributed by atoms with Crippen molar-refractivity contribution < 1.29 is 19.1 Å². The fourth-order valence-electron chi connectivity index (χ4n) is 2.93. The summed E-state index contributed by atoms with van der Waals surface area (Å²) in [6, 6.07) is 5.57. The van der Waals surface area contributed by atoms with Gasteiger partial charge in [-0.15, -0.1) is 0 Å². The number of nitrogens with one attached hydrogen (secondary N) is 1. The molecule has 1 aromatic carbocycles. The van der Waals surface area contributed by atoms with Gasteiger partial charge in [-0.1, -0.05) is 0 Å². The third-order valence-electron chi connectivity index (χ3n) is 4.26. The average molecular weight is 318 g/mol. The molecule has 1 N–H and O–H groups in total. The number of morpholine rings is 1.